The fourth-order valence-electron chi connectivity index (χ4n) is 4.78. The number of Topliss-reactive ketones (excluding diaryl/α,β-unsaturated/α-hetero) is 1. The number of aliphatic hydroxyl groups excluding tert-OH is 1. The predicted octanol–water partition coefficient (Wildman–Crippen LogP) is 4.05. The molecule has 2 heterocycles. The Hall–Kier alpha value is -3.82. The quantitative estimate of drug-likeness (QED) is 0.183. The maximum atomic E-state index is 13.4. The molecule has 0 bridgehead atoms. The molecule has 0 radical (unpaired) electrons. The summed E-state index contributed by atoms with van der Waals surface area (Å²) in [6.07, 6.45) is 1.63. The molecule has 2 aromatic carbocycles. The Kier molecular flexibility index (Phi) is 9.84. The Morgan fingerprint density at radius 3 is 2.45 bits per heavy atom. The lowest BCUT2D eigenvalue weighted by Crippen LogP contribution is -2.42. The number of morpholine rings is 1. The third-order valence-electron chi connectivity index (χ3n) is 6.87. The second-order valence-corrected chi connectivity index (χ2v) is 10.2. The number of carbonyl (C=O) groups is 2. The average molecular weight is 551 g/mol. The number of methoxy groups -OCH3 is 1. The van der Waals surface area contributed by atoms with E-state index in [0.717, 1.165) is 13.1 Å². The summed E-state index contributed by atoms with van der Waals surface area (Å²) in [5.74, 6) is 0.370. The Morgan fingerprint density at radius 2 is 1.80 bits per heavy atom. The first-order chi connectivity index (χ1) is 19.3. The number of benzene rings is 2. The Balaban J connectivity index is 1.72. The summed E-state index contributed by atoms with van der Waals surface area (Å²) in [6, 6.07) is 11.3. The van der Waals surface area contributed by atoms with Crippen LogP contribution in [-0.2, 0) is 14.3 Å². The third kappa shape index (κ3) is 6.66. The molecule has 1 amide bonds. The van der Waals surface area contributed by atoms with Crippen LogP contribution in [0.15, 0.2) is 60.7 Å². The van der Waals surface area contributed by atoms with Gasteiger partial charge in [0.25, 0.3) is 11.7 Å². The van der Waals surface area contributed by atoms with Gasteiger partial charge in [0, 0.05) is 31.7 Å². The largest absolute Gasteiger partial charge is 0.507 e. The summed E-state index contributed by atoms with van der Waals surface area (Å²) < 4.78 is 22.5. The molecule has 2 aliphatic rings. The summed E-state index contributed by atoms with van der Waals surface area (Å²) in [7, 11) is 1.53. The molecule has 2 fully saturated rings. The van der Waals surface area contributed by atoms with Crippen molar-refractivity contribution in [3.8, 4) is 17.2 Å². The molecular formula is C31H38N2O7. The predicted molar refractivity (Wildman–Crippen MR) is 152 cm³/mol. The molecule has 1 atom stereocenters. The molecule has 0 aromatic heterocycles. The minimum atomic E-state index is -0.805. The minimum Gasteiger partial charge on any atom is -0.507 e. The fourth-order valence-corrected chi connectivity index (χ4v) is 4.78. The fraction of sp³-hybridized carbons (Fsp3) is 0.419. The zero-order valence-corrected chi connectivity index (χ0v) is 23.4. The zero-order valence-electron chi connectivity index (χ0n) is 23.4. The second-order valence-electron chi connectivity index (χ2n) is 10.2. The number of nitrogens with zero attached hydrogens (tertiary/aromatic N) is 2. The highest BCUT2D eigenvalue weighted by Crippen LogP contribution is 2.42. The lowest BCUT2D eigenvalue weighted by atomic mass is 9.95. The molecule has 214 valence electrons. The van der Waals surface area contributed by atoms with Gasteiger partial charge in [-0.25, -0.2) is 0 Å². The van der Waals surface area contributed by atoms with Crippen molar-refractivity contribution in [3.63, 3.8) is 0 Å². The summed E-state index contributed by atoms with van der Waals surface area (Å²) in [6.45, 7) is 12.3. The van der Waals surface area contributed by atoms with Crippen LogP contribution in [0.4, 0.5) is 0 Å². The van der Waals surface area contributed by atoms with Gasteiger partial charge in [-0.05, 0) is 47.9 Å². The lowest BCUT2D eigenvalue weighted by molar-refractivity contribution is -0.140. The number of carbonyl (C=O) groups excluding carboxylic acids is 2. The van der Waals surface area contributed by atoms with Crippen molar-refractivity contribution in [2.75, 3.05) is 59.7 Å². The zero-order chi connectivity index (χ0) is 28.6. The Bertz CT molecular complexity index is 1230. The minimum absolute atomic E-state index is 0.0321. The molecule has 1 N–H and O–H groups in total. The standard InChI is InChI=1S/C31H38N2O7/c1-5-16-39-25-11-8-23(19-26(25)37-4)28-27(29(34)22-6-9-24(10-7-22)40-20-21(2)3)30(35)31(36)33(28)13-12-32-14-17-38-18-15-32/h5-11,19,21,28,34H,1,12-18,20H2,2-4H3/b29-27+. The van der Waals surface area contributed by atoms with Gasteiger partial charge in [0.2, 0.25) is 0 Å². The number of rotatable bonds is 12. The number of hydrogen-bond acceptors (Lipinski definition) is 8. The van der Waals surface area contributed by atoms with Gasteiger partial charge in [-0.1, -0.05) is 32.6 Å². The maximum Gasteiger partial charge on any atom is 0.295 e. The first-order valence-corrected chi connectivity index (χ1v) is 13.6. The first kappa shape index (κ1) is 29.2. The van der Waals surface area contributed by atoms with E-state index < -0.39 is 17.7 Å². The second kappa shape index (κ2) is 13.5. The van der Waals surface area contributed by atoms with Gasteiger partial charge in [0.15, 0.2) is 11.5 Å². The van der Waals surface area contributed by atoms with Crippen molar-refractivity contribution in [1.29, 1.82) is 0 Å². The van der Waals surface area contributed by atoms with Crippen molar-refractivity contribution >= 4 is 17.4 Å². The highest BCUT2D eigenvalue weighted by Gasteiger charge is 2.46. The first-order valence-electron chi connectivity index (χ1n) is 13.6. The van der Waals surface area contributed by atoms with Crippen molar-refractivity contribution < 1.29 is 33.6 Å². The van der Waals surface area contributed by atoms with E-state index >= 15 is 0 Å². The van der Waals surface area contributed by atoms with Crippen molar-refractivity contribution in [3.05, 3.63) is 71.8 Å². The van der Waals surface area contributed by atoms with Gasteiger partial charge in [-0.15, -0.1) is 0 Å². The Morgan fingerprint density at radius 1 is 1.07 bits per heavy atom. The smallest absolute Gasteiger partial charge is 0.295 e. The van der Waals surface area contributed by atoms with Gasteiger partial charge in [-0.2, -0.15) is 0 Å². The SMILES string of the molecule is C=CCOc1ccc(C2/C(=C(\O)c3ccc(OCC(C)C)cc3)C(=O)C(=O)N2CCN2CCOCC2)cc1OC. The maximum absolute atomic E-state index is 13.4. The number of likely N-dealkylation sites (tertiary alicyclic amines) is 1. The van der Waals surface area contributed by atoms with Crippen LogP contribution in [0, 0.1) is 5.92 Å². The molecule has 2 saturated heterocycles. The van der Waals surface area contributed by atoms with E-state index in [4.69, 9.17) is 18.9 Å². The van der Waals surface area contributed by atoms with Gasteiger partial charge in [0.05, 0.1) is 38.5 Å². The monoisotopic (exact) mass is 550 g/mol. The van der Waals surface area contributed by atoms with Crippen LogP contribution in [-0.4, -0.2) is 86.3 Å². The summed E-state index contributed by atoms with van der Waals surface area (Å²) in [4.78, 5) is 30.5. The highest BCUT2D eigenvalue weighted by atomic mass is 16.5. The highest BCUT2D eigenvalue weighted by molar-refractivity contribution is 6.46. The van der Waals surface area contributed by atoms with Crippen LogP contribution >= 0.6 is 0 Å². The number of ether oxygens (including phenoxy) is 4. The number of hydrogen-bond donors (Lipinski definition) is 1. The molecule has 2 aromatic rings. The van der Waals surface area contributed by atoms with Crippen molar-refractivity contribution in [2.24, 2.45) is 5.92 Å². The van der Waals surface area contributed by atoms with E-state index in [1.807, 2.05) is 0 Å². The van der Waals surface area contributed by atoms with Crippen LogP contribution in [0.25, 0.3) is 5.76 Å². The number of aliphatic hydroxyl groups is 1. The van der Waals surface area contributed by atoms with Gasteiger partial charge in [-0.3, -0.25) is 14.5 Å². The van der Waals surface area contributed by atoms with Crippen LogP contribution in [0.2, 0.25) is 0 Å². The topological polar surface area (TPSA) is 97.8 Å². The summed E-state index contributed by atoms with van der Waals surface area (Å²) >= 11 is 0. The molecule has 9 nitrogen and oxygen atoms in total. The van der Waals surface area contributed by atoms with Gasteiger partial charge in [0.1, 0.15) is 18.1 Å². The van der Waals surface area contributed by atoms with Crippen LogP contribution in [0.3, 0.4) is 0 Å². The van der Waals surface area contributed by atoms with E-state index in [-0.39, 0.29) is 11.3 Å². The molecule has 40 heavy (non-hydrogen) atoms. The summed E-state index contributed by atoms with van der Waals surface area (Å²) in [5, 5.41) is 11.4. The lowest BCUT2D eigenvalue weighted by Gasteiger charge is -2.31. The van der Waals surface area contributed by atoms with E-state index in [1.165, 1.54) is 12.0 Å². The van der Waals surface area contributed by atoms with Crippen molar-refractivity contribution in [1.82, 2.24) is 9.80 Å². The van der Waals surface area contributed by atoms with Crippen molar-refractivity contribution in [2.45, 2.75) is 19.9 Å². The van der Waals surface area contributed by atoms with E-state index in [0.29, 0.717) is 73.8 Å². The molecule has 0 aliphatic carbocycles. The van der Waals surface area contributed by atoms with E-state index in [9.17, 15) is 14.7 Å². The normalized spacial score (nSPS) is 19.2. The molecule has 0 saturated carbocycles. The molecule has 0 spiro atoms. The summed E-state index contributed by atoms with van der Waals surface area (Å²) in [5.41, 5.74) is 1.08. The molecule has 1 unspecified atom stereocenters. The Labute approximate surface area is 235 Å². The van der Waals surface area contributed by atoms with E-state index in [1.54, 1.807) is 48.5 Å². The number of amides is 1. The molecule has 9 heteroatoms. The van der Waals surface area contributed by atoms with Crippen LogP contribution in [0.5, 0.6) is 17.2 Å². The average Bonchev–Trinajstić information content (AvgIpc) is 3.23. The van der Waals surface area contributed by atoms with Gasteiger partial charge >= 0.3 is 0 Å². The number of ketones is 1. The van der Waals surface area contributed by atoms with Gasteiger partial charge < -0.3 is 29.0 Å². The van der Waals surface area contributed by atoms with Crippen LogP contribution in [0.1, 0.15) is 31.0 Å². The van der Waals surface area contributed by atoms with E-state index in [2.05, 4.69) is 25.3 Å². The third-order valence-corrected chi connectivity index (χ3v) is 6.87. The molecule has 4 rings (SSSR count). The van der Waals surface area contributed by atoms with Crippen LogP contribution < -0.4 is 14.2 Å². The molecule has 2 aliphatic heterocycles. The molecular weight excluding hydrogens is 512 g/mol.